The molecule has 2 aliphatic heterocycles. The van der Waals surface area contributed by atoms with E-state index >= 15 is 4.39 Å². The average Bonchev–Trinajstić information content (AvgIpc) is 3.58. The second-order valence-electron chi connectivity index (χ2n) is 12.0. The van der Waals surface area contributed by atoms with Crippen LogP contribution in [-0.4, -0.2) is 70.5 Å². The molecule has 2 fully saturated rings. The summed E-state index contributed by atoms with van der Waals surface area (Å²) < 4.78 is 54.1. The SMILES string of the molecule is C#Cc1c(F)ccc2cc(O)cc(-c3nc(OC)c4c(NC(C)CC(C)C)nc(OC)nc4c3F)c12.FC1CC2CCCN2C1. The molecule has 238 valence electrons. The number of terminal acetylenes is 1. The Morgan fingerprint density at radius 1 is 1.11 bits per heavy atom. The number of halogens is 3. The largest absolute Gasteiger partial charge is 0.508 e. The van der Waals surface area contributed by atoms with E-state index in [4.69, 9.17) is 15.9 Å². The molecule has 4 heterocycles. The zero-order valence-electron chi connectivity index (χ0n) is 26.1. The molecule has 45 heavy (non-hydrogen) atoms. The van der Waals surface area contributed by atoms with Gasteiger partial charge in [0, 0.05) is 29.6 Å². The molecule has 2 aliphatic rings. The Hall–Kier alpha value is -4.30. The van der Waals surface area contributed by atoms with Crippen molar-refractivity contribution in [3.05, 3.63) is 41.5 Å². The number of hydrogen-bond donors (Lipinski definition) is 2. The molecule has 6 rings (SSSR count). The maximum Gasteiger partial charge on any atom is 0.318 e. The van der Waals surface area contributed by atoms with Gasteiger partial charge in [0.15, 0.2) is 5.82 Å². The number of fused-ring (bicyclic) bond motifs is 3. The number of anilines is 1. The van der Waals surface area contributed by atoms with Crippen LogP contribution in [0.5, 0.6) is 17.6 Å². The van der Waals surface area contributed by atoms with Crippen molar-refractivity contribution in [3.8, 4) is 41.2 Å². The van der Waals surface area contributed by atoms with Crippen LogP contribution >= 0.6 is 0 Å². The Balaban J connectivity index is 0.000000377. The van der Waals surface area contributed by atoms with Crippen molar-refractivity contribution in [1.29, 1.82) is 0 Å². The molecule has 2 aromatic heterocycles. The third kappa shape index (κ3) is 6.57. The molecule has 0 radical (unpaired) electrons. The number of rotatable bonds is 7. The average molecular weight is 622 g/mol. The standard InChI is InChI=1S/C27H26F2N4O3.C7H12FN/c1-7-17-19(28)9-8-15-11-16(34)12-18(20(15)17)23-22(29)24-21(26(31-23)35-5)25(33-27(32-24)36-6)30-14(4)10-13(2)3;8-6-4-7-2-1-3-9(7)5-6/h1,8-9,11-14,34H,10H2,2-6H3,(H,30,32,33);6-7H,1-5H2. The van der Waals surface area contributed by atoms with E-state index in [2.05, 4.69) is 44.9 Å². The quantitative estimate of drug-likeness (QED) is 0.216. The zero-order valence-corrected chi connectivity index (χ0v) is 26.1. The molecule has 8 nitrogen and oxygen atoms in total. The van der Waals surface area contributed by atoms with Crippen LogP contribution in [0.4, 0.5) is 19.0 Å². The smallest absolute Gasteiger partial charge is 0.318 e. The molecule has 0 bridgehead atoms. The number of benzene rings is 2. The maximum atomic E-state index is 16.2. The highest BCUT2D eigenvalue weighted by Crippen LogP contribution is 2.41. The number of nitrogens with one attached hydrogen (secondary N) is 1. The molecule has 2 saturated heterocycles. The molecule has 11 heteroatoms. The Labute approximate surface area is 261 Å². The van der Waals surface area contributed by atoms with Crippen LogP contribution in [0.1, 0.15) is 52.0 Å². The first-order chi connectivity index (χ1) is 21.5. The second kappa shape index (κ2) is 13.4. The molecular formula is C34H38F3N5O3. The van der Waals surface area contributed by atoms with Crippen molar-refractivity contribution in [1.82, 2.24) is 19.9 Å². The van der Waals surface area contributed by atoms with E-state index < -0.39 is 17.8 Å². The highest BCUT2D eigenvalue weighted by molar-refractivity contribution is 6.04. The number of ether oxygens (including phenoxy) is 2. The van der Waals surface area contributed by atoms with Crippen molar-refractivity contribution < 1.29 is 27.8 Å². The summed E-state index contributed by atoms with van der Waals surface area (Å²) in [6.45, 7) is 8.03. The van der Waals surface area contributed by atoms with Crippen LogP contribution in [-0.2, 0) is 0 Å². The van der Waals surface area contributed by atoms with Gasteiger partial charge in [0.1, 0.15) is 40.2 Å². The van der Waals surface area contributed by atoms with Crippen LogP contribution < -0.4 is 14.8 Å². The van der Waals surface area contributed by atoms with Crippen molar-refractivity contribution in [3.63, 3.8) is 0 Å². The van der Waals surface area contributed by atoms with Crippen LogP contribution in [0.15, 0.2) is 24.3 Å². The van der Waals surface area contributed by atoms with E-state index in [1.807, 2.05) is 6.92 Å². The Morgan fingerprint density at radius 3 is 2.56 bits per heavy atom. The van der Waals surface area contributed by atoms with Crippen molar-refractivity contribution in [2.45, 2.75) is 64.7 Å². The van der Waals surface area contributed by atoms with E-state index in [0.29, 0.717) is 29.7 Å². The minimum atomic E-state index is -0.829. The summed E-state index contributed by atoms with van der Waals surface area (Å²) in [5.74, 6) is 1.43. The molecule has 3 atom stereocenters. The van der Waals surface area contributed by atoms with E-state index in [-0.39, 0.29) is 56.8 Å². The number of aromatic hydroxyl groups is 1. The van der Waals surface area contributed by atoms with Gasteiger partial charge in [-0.05, 0) is 68.7 Å². The summed E-state index contributed by atoms with van der Waals surface area (Å²) in [5, 5.41) is 14.5. The summed E-state index contributed by atoms with van der Waals surface area (Å²) in [7, 11) is 2.77. The first-order valence-electron chi connectivity index (χ1n) is 15.1. The summed E-state index contributed by atoms with van der Waals surface area (Å²) in [5.41, 5.74) is -0.314. The molecule has 0 spiro atoms. The lowest BCUT2D eigenvalue weighted by atomic mass is 9.95. The third-order valence-electron chi connectivity index (χ3n) is 8.23. The van der Waals surface area contributed by atoms with Gasteiger partial charge in [-0.3, -0.25) is 4.90 Å². The number of nitrogens with zero attached hydrogens (tertiary/aromatic N) is 4. The normalized spacial score (nSPS) is 18.4. The van der Waals surface area contributed by atoms with Crippen molar-refractivity contribution in [2.24, 2.45) is 5.92 Å². The summed E-state index contributed by atoms with van der Waals surface area (Å²) in [6.07, 6.45) is 9.23. The topological polar surface area (TPSA) is 92.6 Å². The number of methoxy groups -OCH3 is 2. The van der Waals surface area contributed by atoms with Crippen LogP contribution in [0.3, 0.4) is 0 Å². The fourth-order valence-corrected chi connectivity index (χ4v) is 6.42. The van der Waals surface area contributed by atoms with Crippen LogP contribution in [0.2, 0.25) is 0 Å². The highest BCUT2D eigenvalue weighted by Gasteiger charge is 2.34. The van der Waals surface area contributed by atoms with Gasteiger partial charge < -0.3 is 19.9 Å². The summed E-state index contributed by atoms with van der Waals surface area (Å²) in [4.78, 5) is 15.3. The number of aromatic nitrogens is 3. The highest BCUT2D eigenvalue weighted by atomic mass is 19.1. The lowest BCUT2D eigenvalue weighted by Gasteiger charge is -2.20. The number of phenols is 1. The van der Waals surface area contributed by atoms with Gasteiger partial charge in [-0.25, -0.2) is 18.2 Å². The lowest BCUT2D eigenvalue weighted by molar-refractivity contribution is 0.292. The molecule has 2 N–H and O–H groups in total. The minimum Gasteiger partial charge on any atom is -0.508 e. The van der Waals surface area contributed by atoms with Gasteiger partial charge >= 0.3 is 6.01 Å². The van der Waals surface area contributed by atoms with Gasteiger partial charge in [0.05, 0.1) is 19.8 Å². The second-order valence-corrected chi connectivity index (χ2v) is 12.0. The number of pyridine rings is 1. The number of hydrogen-bond acceptors (Lipinski definition) is 8. The van der Waals surface area contributed by atoms with Crippen LogP contribution in [0, 0.1) is 29.9 Å². The van der Waals surface area contributed by atoms with E-state index in [1.54, 1.807) is 0 Å². The van der Waals surface area contributed by atoms with E-state index in [0.717, 1.165) is 19.4 Å². The van der Waals surface area contributed by atoms with E-state index in [9.17, 15) is 13.9 Å². The third-order valence-corrected chi connectivity index (χ3v) is 8.23. The Morgan fingerprint density at radius 2 is 1.89 bits per heavy atom. The first-order valence-corrected chi connectivity index (χ1v) is 15.1. The first kappa shape index (κ1) is 32.1. The molecule has 0 amide bonds. The van der Waals surface area contributed by atoms with E-state index in [1.165, 1.54) is 51.3 Å². The molecule has 2 aromatic carbocycles. The molecule has 4 aromatic rings. The van der Waals surface area contributed by atoms with Crippen LogP contribution in [0.25, 0.3) is 32.9 Å². The predicted octanol–water partition coefficient (Wildman–Crippen LogP) is 6.87. The number of phenolic OH excluding ortho intramolecular Hbond substituents is 1. The monoisotopic (exact) mass is 621 g/mol. The van der Waals surface area contributed by atoms with Crippen molar-refractivity contribution in [2.75, 3.05) is 32.6 Å². The molecule has 3 unspecified atom stereocenters. The van der Waals surface area contributed by atoms with Crippen molar-refractivity contribution >= 4 is 27.5 Å². The predicted molar refractivity (Wildman–Crippen MR) is 170 cm³/mol. The van der Waals surface area contributed by atoms with Gasteiger partial charge in [-0.1, -0.05) is 25.8 Å². The van der Waals surface area contributed by atoms with Gasteiger partial charge in [-0.15, -0.1) is 6.42 Å². The Bertz CT molecular complexity index is 1750. The zero-order chi connectivity index (χ0) is 32.4. The molecule has 0 aliphatic carbocycles. The lowest BCUT2D eigenvalue weighted by Crippen LogP contribution is -2.22. The molecular weight excluding hydrogens is 583 g/mol. The number of alkyl halides is 1. The minimum absolute atomic E-state index is 0.00331. The van der Waals surface area contributed by atoms with Gasteiger partial charge in [0.25, 0.3) is 0 Å². The maximum absolute atomic E-state index is 16.2. The van der Waals surface area contributed by atoms with Gasteiger partial charge in [0.2, 0.25) is 5.88 Å². The molecule has 0 saturated carbocycles. The Kier molecular flexibility index (Phi) is 9.53. The summed E-state index contributed by atoms with van der Waals surface area (Å²) in [6, 6.07) is 5.89. The fraction of sp³-hybridized carbons (Fsp3) is 0.441. The fourth-order valence-electron chi connectivity index (χ4n) is 6.42. The summed E-state index contributed by atoms with van der Waals surface area (Å²) >= 11 is 0. The van der Waals surface area contributed by atoms with Gasteiger partial charge in [-0.2, -0.15) is 9.97 Å².